The van der Waals surface area contributed by atoms with Crippen LogP contribution >= 0.6 is 0 Å². The van der Waals surface area contributed by atoms with Crippen LogP contribution in [-0.2, 0) is 10.2 Å². The molecule has 3 aromatic rings. The van der Waals surface area contributed by atoms with Crippen molar-refractivity contribution in [1.29, 1.82) is 0 Å². The molecule has 2 aliphatic heterocycles. The summed E-state index contributed by atoms with van der Waals surface area (Å²) in [5.74, 6) is -0.748. The summed E-state index contributed by atoms with van der Waals surface area (Å²) in [7, 11) is 0. The van der Waals surface area contributed by atoms with Gasteiger partial charge in [-0.3, -0.25) is 19.3 Å². The summed E-state index contributed by atoms with van der Waals surface area (Å²) in [6.45, 7) is 0.156. The van der Waals surface area contributed by atoms with Gasteiger partial charge in [0.2, 0.25) is 5.91 Å². The molecular weight excluding hydrogens is 364 g/mol. The molecule has 0 bridgehead atoms. The Balaban J connectivity index is 1.55. The SMILES string of the molecule is O=C1c2ccccc2C(=O)N1CCC1(c2ccccc2)C(=O)Nc2ccccc21. The molecule has 0 fully saturated rings. The average Bonchev–Trinajstić information content (AvgIpc) is 3.19. The van der Waals surface area contributed by atoms with E-state index in [1.54, 1.807) is 24.3 Å². The van der Waals surface area contributed by atoms with E-state index in [2.05, 4.69) is 5.32 Å². The normalized spacial score (nSPS) is 19.9. The van der Waals surface area contributed by atoms with E-state index < -0.39 is 5.41 Å². The lowest BCUT2D eigenvalue weighted by molar-refractivity contribution is -0.119. The standard InChI is InChI=1S/C24H18N2O3/c27-21-17-10-4-5-11-18(17)22(28)26(21)15-14-24(16-8-2-1-3-9-16)19-12-6-7-13-20(19)25-23(24)29/h1-13H,14-15H2,(H,25,29). The van der Waals surface area contributed by atoms with Gasteiger partial charge >= 0.3 is 0 Å². The summed E-state index contributed by atoms with van der Waals surface area (Å²) in [5, 5.41) is 2.97. The van der Waals surface area contributed by atoms with Gasteiger partial charge in [0.25, 0.3) is 11.8 Å². The van der Waals surface area contributed by atoms with E-state index in [4.69, 9.17) is 0 Å². The van der Waals surface area contributed by atoms with E-state index in [1.165, 1.54) is 4.90 Å². The highest BCUT2D eigenvalue weighted by Crippen LogP contribution is 2.45. The van der Waals surface area contributed by atoms with E-state index in [0.717, 1.165) is 16.8 Å². The molecule has 1 N–H and O–H groups in total. The molecule has 0 aromatic heterocycles. The van der Waals surface area contributed by atoms with E-state index >= 15 is 0 Å². The Hall–Kier alpha value is -3.73. The molecule has 5 heteroatoms. The third-order valence-electron chi connectivity index (χ3n) is 5.88. The number of anilines is 1. The molecule has 142 valence electrons. The summed E-state index contributed by atoms with van der Waals surface area (Å²) >= 11 is 0. The van der Waals surface area contributed by atoms with Crippen molar-refractivity contribution in [2.45, 2.75) is 11.8 Å². The number of nitrogens with one attached hydrogen (secondary N) is 1. The van der Waals surface area contributed by atoms with Crippen LogP contribution in [0.2, 0.25) is 0 Å². The highest BCUT2D eigenvalue weighted by atomic mass is 16.2. The predicted molar refractivity (Wildman–Crippen MR) is 109 cm³/mol. The van der Waals surface area contributed by atoms with Gasteiger partial charge in [-0.2, -0.15) is 0 Å². The molecule has 1 unspecified atom stereocenters. The van der Waals surface area contributed by atoms with Crippen molar-refractivity contribution in [2.24, 2.45) is 0 Å². The number of hydrogen-bond donors (Lipinski definition) is 1. The maximum absolute atomic E-state index is 13.2. The van der Waals surface area contributed by atoms with Crippen molar-refractivity contribution >= 4 is 23.4 Å². The molecule has 5 rings (SSSR count). The molecule has 0 spiro atoms. The summed E-state index contributed by atoms with van der Waals surface area (Å²) in [6, 6.07) is 24.0. The second-order valence-corrected chi connectivity index (χ2v) is 7.33. The molecule has 2 heterocycles. The van der Waals surface area contributed by atoms with Crippen LogP contribution in [0.1, 0.15) is 38.3 Å². The van der Waals surface area contributed by atoms with Crippen LogP contribution in [0.5, 0.6) is 0 Å². The van der Waals surface area contributed by atoms with Crippen LogP contribution in [0, 0.1) is 0 Å². The Morgan fingerprint density at radius 2 is 1.31 bits per heavy atom. The zero-order valence-electron chi connectivity index (χ0n) is 15.6. The third kappa shape index (κ3) is 2.44. The number of nitrogens with zero attached hydrogens (tertiary/aromatic N) is 1. The van der Waals surface area contributed by atoms with Gasteiger partial charge in [0.05, 0.1) is 11.1 Å². The Bertz CT molecular complexity index is 1120. The lowest BCUT2D eigenvalue weighted by Gasteiger charge is -2.30. The first-order chi connectivity index (χ1) is 14.1. The van der Waals surface area contributed by atoms with Crippen molar-refractivity contribution in [3.63, 3.8) is 0 Å². The molecule has 1 atom stereocenters. The third-order valence-corrected chi connectivity index (χ3v) is 5.88. The molecule has 29 heavy (non-hydrogen) atoms. The minimum atomic E-state index is -0.951. The first-order valence-corrected chi connectivity index (χ1v) is 9.54. The number of amides is 3. The largest absolute Gasteiger partial charge is 0.325 e. The molecule has 3 aromatic carbocycles. The van der Waals surface area contributed by atoms with Gasteiger partial charge in [-0.15, -0.1) is 0 Å². The Kier molecular flexibility index (Phi) is 3.84. The summed E-state index contributed by atoms with van der Waals surface area (Å²) in [4.78, 5) is 40.1. The van der Waals surface area contributed by atoms with Gasteiger partial charge < -0.3 is 5.32 Å². The minimum Gasteiger partial charge on any atom is -0.325 e. The molecule has 2 aliphatic rings. The van der Waals surface area contributed by atoms with Crippen LogP contribution in [0.25, 0.3) is 0 Å². The lowest BCUT2D eigenvalue weighted by Crippen LogP contribution is -2.41. The minimum absolute atomic E-state index is 0.137. The summed E-state index contributed by atoms with van der Waals surface area (Å²) < 4.78 is 0. The monoisotopic (exact) mass is 382 g/mol. The van der Waals surface area contributed by atoms with Gasteiger partial charge in [0, 0.05) is 12.2 Å². The molecule has 3 amide bonds. The maximum Gasteiger partial charge on any atom is 0.261 e. The Morgan fingerprint density at radius 3 is 2.00 bits per heavy atom. The number of para-hydroxylation sites is 1. The highest BCUT2D eigenvalue weighted by Gasteiger charge is 2.49. The van der Waals surface area contributed by atoms with Crippen molar-refractivity contribution in [1.82, 2.24) is 4.90 Å². The fraction of sp³-hybridized carbons (Fsp3) is 0.125. The van der Waals surface area contributed by atoms with Crippen molar-refractivity contribution < 1.29 is 14.4 Å². The zero-order chi connectivity index (χ0) is 20.0. The number of benzene rings is 3. The van der Waals surface area contributed by atoms with Crippen LogP contribution in [0.3, 0.4) is 0 Å². The highest BCUT2D eigenvalue weighted by molar-refractivity contribution is 6.21. The van der Waals surface area contributed by atoms with Crippen molar-refractivity contribution in [3.8, 4) is 0 Å². The second-order valence-electron chi connectivity index (χ2n) is 7.33. The first-order valence-electron chi connectivity index (χ1n) is 9.54. The van der Waals surface area contributed by atoms with Gasteiger partial charge in [0.1, 0.15) is 5.41 Å². The van der Waals surface area contributed by atoms with Gasteiger partial charge in [-0.1, -0.05) is 60.7 Å². The van der Waals surface area contributed by atoms with Crippen molar-refractivity contribution in [2.75, 3.05) is 11.9 Å². The molecule has 0 saturated carbocycles. The number of imide groups is 1. The Labute approximate surface area is 168 Å². The molecule has 0 saturated heterocycles. The number of fused-ring (bicyclic) bond motifs is 2. The van der Waals surface area contributed by atoms with Crippen LogP contribution < -0.4 is 5.32 Å². The zero-order valence-corrected chi connectivity index (χ0v) is 15.6. The fourth-order valence-electron chi connectivity index (χ4n) is 4.44. The number of rotatable bonds is 4. The van der Waals surface area contributed by atoms with Crippen molar-refractivity contribution in [3.05, 3.63) is 101 Å². The summed E-state index contributed by atoms with van der Waals surface area (Å²) in [6.07, 6.45) is 0.311. The van der Waals surface area contributed by atoms with E-state index in [0.29, 0.717) is 17.5 Å². The lowest BCUT2D eigenvalue weighted by atomic mass is 9.73. The van der Waals surface area contributed by atoms with E-state index in [1.807, 2.05) is 54.6 Å². The van der Waals surface area contributed by atoms with Gasteiger partial charge in [-0.05, 0) is 35.7 Å². The topological polar surface area (TPSA) is 66.5 Å². The summed E-state index contributed by atoms with van der Waals surface area (Å²) in [5.41, 5.74) is 2.37. The number of hydrogen-bond acceptors (Lipinski definition) is 3. The van der Waals surface area contributed by atoms with E-state index in [-0.39, 0.29) is 24.3 Å². The fourth-order valence-corrected chi connectivity index (χ4v) is 4.44. The average molecular weight is 382 g/mol. The molecule has 5 nitrogen and oxygen atoms in total. The molecule has 0 radical (unpaired) electrons. The smallest absolute Gasteiger partial charge is 0.261 e. The van der Waals surface area contributed by atoms with Crippen LogP contribution in [0.15, 0.2) is 78.9 Å². The van der Waals surface area contributed by atoms with Crippen LogP contribution in [-0.4, -0.2) is 29.2 Å². The first kappa shape index (κ1) is 17.4. The number of carbonyl (C=O) groups is 3. The van der Waals surface area contributed by atoms with Gasteiger partial charge in [0.15, 0.2) is 0 Å². The Morgan fingerprint density at radius 1 is 0.724 bits per heavy atom. The predicted octanol–water partition coefficient (Wildman–Crippen LogP) is 3.61. The van der Waals surface area contributed by atoms with Crippen LogP contribution in [0.4, 0.5) is 5.69 Å². The quantitative estimate of drug-likeness (QED) is 0.701. The second kappa shape index (κ2) is 6.41. The van der Waals surface area contributed by atoms with Gasteiger partial charge in [-0.25, -0.2) is 0 Å². The molecule has 0 aliphatic carbocycles. The molecular formula is C24H18N2O3. The number of carbonyl (C=O) groups excluding carboxylic acids is 3. The van der Waals surface area contributed by atoms with E-state index in [9.17, 15) is 14.4 Å². The maximum atomic E-state index is 13.2.